The zero-order valence-corrected chi connectivity index (χ0v) is 18.0. The van der Waals surface area contributed by atoms with E-state index in [1.165, 1.54) is 12.1 Å². The van der Waals surface area contributed by atoms with Crippen LogP contribution in [0.25, 0.3) is 0 Å². The molecule has 3 aromatic rings. The minimum atomic E-state index is -0.581. The number of rotatable bonds is 6. The lowest BCUT2D eigenvalue weighted by molar-refractivity contribution is 0.354. The molecule has 0 bridgehead atoms. The second-order valence-electron chi connectivity index (χ2n) is 7.43. The lowest BCUT2D eigenvalue weighted by Gasteiger charge is -2.36. The van der Waals surface area contributed by atoms with Crippen molar-refractivity contribution in [1.82, 2.24) is 9.97 Å². The van der Waals surface area contributed by atoms with Crippen molar-refractivity contribution < 1.29 is 13.9 Å². The Morgan fingerprint density at radius 2 is 1.62 bits per heavy atom. The first-order chi connectivity index (χ1) is 15.6. The van der Waals surface area contributed by atoms with Crippen LogP contribution < -0.4 is 19.3 Å². The second-order valence-corrected chi connectivity index (χ2v) is 7.43. The normalized spacial score (nSPS) is 14.6. The molecule has 0 radical (unpaired) electrons. The van der Waals surface area contributed by atoms with Gasteiger partial charge in [0.05, 0.1) is 38.4 Å². The number of halogens is 1. The number of hydrogen-bond donors (Lipinski definition) is 0. The monoisotopic (exact) mass is 433 g/mol. The summed E-state index contributed by atoms with van der Waals surface area (Å²) in [4.78, 5) is 13.5. The predicted molar refractivity (Wildman–Crippen MR) is 120 cm³/mol. The van der Waals surface area contributed by atoms with Gasteiger partial charge in [0.25, 0.3) is 0 Å². The van der Waals surface area contributed by atoms with Crippen LogP contribution in [0.3, 0.4) is 0 Å². The quantitative estimate of drug-likeness (QED) is 0.588. The molecule has 0 spiro atoms. The highest BCUT2D eigenvalue weighted by Crippen LogP contribution is 2.33. The van der Waals surface area contributed by atoms with Crippen molar-refractivity contribution in [2.24, 2.45) is 0 Å². The van der Waals surface area contributed by atoms with Crippen molar-refractivity contribution in [3.05, 3.63) is 71.9 Å². The van der Waals surface area contributed by atoms with Crippen LogP contribution in [0.15, 0.2) is 54.9 Å². The van der Waals surface area contributed by atoms with Gasteiger partial charge in [0, 0.05) is 31.9 Å². The molecule has 1 unspecified atom stereocenters. The molecule has 1 aliphatic heterocycles. The first-order valence-electron chi connectivity index (χ1n) is 10.3. The van der Waals surface area contributed by atoms with Gasteiger partial charge in [-0.3, -0.25) is 4.98 Å². The zero-order valence-electron chi connectivity index (χ0n) is 18.0. The van der Waals surface area contributed by atoms with Crippen molar-refractivity contribution in [3.63, 3.8) is 0 Å². The smallest absolute Gasteiger partial charge is 0.161 e. The Balaban J connectivity index is 1.51. The maximum absolute atomic E-state index is 13.2. The molecule has 0 saturated carbocycles. The summed E-state index contributed by atoms with van der Waals surface area (Å²) < 4.78 is 23.9. The maximum atomic E-state index is 13.2. The predicted octanol–water partition coefficient (Wildman–Crippen LogP) is 3.61. The Labute approximate surface area is 186 Å². The van der Waals surface area contributed by atoms with E-state index in [9.17, 15) is 9.65 Å². The van der Waals surface area contributed by atoms with Gasteiger partial charge >= 0.3 is 0 Å². The molecule has 1 atom stereocenters. The summed E-state index contributed by atoms with van der Waals surface area (Å²) in [6.45, 7) is 3.08. The molecule has 0 aliphatic carbocycles. The second kappa shape index (κ2) is 9.52. The van der Waals surface area contributed by atoms with Gasteiger partial charge < -0.3 is 19.3 Å². The number of hydrogen-bond acceptors (Lipinski definition) is 7. The van der Waals surface area contributed by atoms with Crippen molar-refractivity contribution >= 4 is 11.5 Å². The first kappa shape index (κ1) is 21.4. The maximum Gasteiger partial charge on any atom is 0.161 e. The lowest BCUT2D eigenvalue weighted by Crippen LogP contribution is -2.47. The van der Waals surface area contributed by atoms with Crippen LogP contribution in [0, 0.1) is 17.1 Å². The van der Waals surface area contributed by atoms with Crippen molar-refractivity contribution in [2.75, 3.05) is 50.2 Å². The van der Waals surface area contributed by atoms with E-state index in [4.69, 9.17) is 14.5 Å². The van der Waals surface area contributed by atoms with Gasteiger partial charge in [0.1, 0.15) is 17.6 Å². The number of nitrogens with zero attached hydrogens (tertiary/aromatic N) is 5. The lowest BCUT2D eigenvalue weighted by atomic mass is 9.97. The van der Waals surface area contributed by atoms with Gasteiger partial charge in [0.15, 0.2) is 11.5 Å². The van der Waals surface area contributed by atoms with E-state index in [1.54, 1.807) is 50.9 Å². The van der Waals surface area contributed by atoms with Gasteiger partial charge in [-0.05, 0) is 42.0 Å². The molecule has 7 nitrogen and oxygen atoms in total. The molecule has 0 N–H and O–H groups in total. The molecule has 0 amide bonds. The van der Waals surface area contributed by atoms with E-state index < -0.39 is 5.92 Å². The molecular formula is C24H24FN5O2. The summed E-state index contributed by atoms with van der Waals surface area (Å²) in [5.74, 6) is 1.09. The Bertz CT molecular complexity index is 1110. The summed E-state index contributed by atoms with van der Waals surface area (Å²) in [5.41, 5.74) is 2.35. The van der Waals surface area contributed by atoms with Gasteiger partial charge in [0.2, 0.25) is 0 Å². The summed E-state index contributed by atoms with van der Waals surface area (Å²) in [7, 11) is 3.14. The molecule has 32 heavy (non-hydrogen) atoms. The van der Waals surface area contributed by atoms with Crippen LogP contribution in [0.1, 0.15) is 17.2 Å². The SMILES string of the molecule is COc1ccc(C(C#N)c2cncc(N3CCN(c4ccc(F)cc4)CC3)n2)cc1OC. The Kier molecular flexibility index (Phi) is 6.36. The van der Waals surface area contributed by atoms with Gasteiger partial charge in [-0.1, -0.05) is 6.07 Å². The highest BCUT2D eigenvalue weighted by Gasteiger charge is 2.22. The van der Waals surface area contributed by atoms with Gasteiger partial charge in [-0.2, -0.15) is 5.26 Å². The van der Waals surface area contributed by atoms with Crippen molar-refractivity contribution in [3.8, 4) is 17.6 Å². The van der Waals surface area contributed by atoms with Crippen molar-refractivity contribution in [2.45, 2.75) is 5.92 Å². The third kappa shape index (κ3) is 4.42. The number of methoxy groups -OCH3 is 2. The topological polar surface area (TPSA) is 74.5 Å². The molecule has 2 heterocycles. The molecule has 164 valence electrons. The fraction of sp³-hybridized carbons (Fsp3) is 0.292. The van der Waals surface area contributed by atoms with E-state index in [-0.39, 0.29) is 5.82 Å². The van der Waals surface area contributed by atoms with E-state index in [0.29, 0.717) is 17.2 Å². The molecule has 2 aromatic carbocycles. The number of ether oxygens (including phenoxy) is 2. The van der Waals surface area contributed by atoms with Crippen LogP contribution in [-0.4, -0.2) is 50.4 Å². The highest BCUT2D eigenvalue weighted by molar-refractivity contribution is 5.50. The van der Waals surface area contributed by atoms with Crippen LogP contribution in [0.4, 0.5) is 15.9 Å². The Morgan fingerprint density at radius 3 is 2.28 bits per heavy atom. The molecule has 1 aromatic heterocycles. The summed E-state index contributed by atoms with van der Waals surface area (Å²) >= 11 is 0. The average Bonchev–Trinajstić information content (AvgIpc) is 2.85. The van der Waals surface area contributed by atoms with Crippen LogP contribution in [0.5, 0.6) is 11.5 Å². The largest absolute Gasteiger partial charge is 0.493 e. The summed E-state index contributed by atoms with van der Waals surface area (Å²) in [5, 5.41) is 9.87. The molecule has 1 aliphatic rings. The standard InChI is InChI=1S/C24H24FN5O2/c1-31-22-8-3-17(13-23(22)32-2)20(14-26)21-15-27-16-24(28-21)30-11-9-29(10-12-30)19-6-4-18(25)5-7-19/h3-8,13,15-16,20H,9-12H2,1-2H3. The van der Waals surface area contributed by atoms with Gasteiger partial charge in [-0.25, -0.2) is 9.37 Å². The Morgan fingerprint density at radius 1 is 0.938 bits per heavy atom. The molecule has 1 saturated heterocycles. The van der Waals surface area contributed by atoms with E-state index in [2.05, 4.69) is 20.9 Å². The molecular weight excluding hydrogens is 409 g/mol. The van der Waals surface area contributed by atoms with E-state index in [1.807, 2.05) is 6.07 Å². The number of nitriles is 1. The fourth-order valence-corrected chi connectivity index (χ4v) is 3.85. The minimum absolute atomic E-state index is 0.235. The minimum Gasteiger partial charge on any atom is -0.493 e. The third-order valence-electron chi connectivity index (χ3n) is 5.60. The van der Waals surface area contributed by atoms with E-state index in [0.717, 1.165) is 43.2 Å². The summed E-state index contributed by atoms with van der Waals surface area (Å²) in [6, 6.07) is 14.3. The average molecular weight is 433 g/mol. The first-order valence-corrected chi connectivity index (χ1v) is 10.3. The van der Waals surface area contributed by atoms with Crippen molar-refractivity contribution in [1.29, 1.82) is 5.26 Å². The van der Waals surface area contributed by atoms with Crippen LogP contribution in [0.2, 0.25) is 0 Å². The number of aromatic nitrogens is 2. The number of anilines is 2. The number of piperazine rings is 1. The molecule has 4 rings (SSSR count). The van der Waals surface area contributed by atoms with Crippen LogP contribution >= 0.6 is 0 Å². The summed E-state index contributed by atoms with van der Waals surface area (Å²) in [6.07, 6.45) is 3.35. The molecule has 1 fully saturated rings. The third-order valence-corrected chi connectivity index (χ3v) is 5.60. The molecule has 8 heteroatoms. The van der Waals surface area contributed by atoms with E-state index >= 15 is 0 Å². The zero-order chi connectivity index (χ0) is 22.5. The van der Waals surface area contributed by atoms with Crippen LogP contribution in [-0.2, 0) is 0 Å². The Hall–Kier alpha value is -3.86. The van der Waals surface area contributed by atoms with Gasteiger partial charge in [-0.15, -0.1) is 0 Å². The fourth-order valence-electron chi connectivity index (χ4n) is 3.85. The highest BCUT2D eigenvalue weighted by atomic mass is 19.1. The number of benzene rings is 2.